The lowest BCUT2D eigenvalue weighted by molar-refractivity contribution is 0.589. The van der Waals surface area contributed by atoms with E-state index in [1.54, 1.807) is 7.05 Å². The van der Waals surface area contributed by atoms with E-state index in [1.165, 1.54) is 22.3 Å². The molecule has 190 valence electrons. The highest BCUT2D eigenvalue weighted by Crippen LogP contribution is 2.25. The minimum Gasteiger partial charge on any atom is -0.293 e. The topological polar surface area (TPSA) is 24.7 Å². The van der Waals surface area contributed by atoms with Crippen molar-refractivity contribution in [2.45, 2.75) is 72.3 Å². The first-order chi connectivity index (χ1) is 16.8. The van der Waals surface area contributed by atoms with Gasteiger partial charge in [0.1, 0.15) is 0 Å². The standard InChI is InChI=1S/C23H31N.C11H13N/c1-17(19-10-14-21(15-11-19)23(5,6)7)24-16-18-8-12-20(13-9-18)22(2,3)4;1-4-10-5-7-11(8-6-10)9(2)12-3/h8-17H,1-7H3;4-8H,1H2,2-3H3. The summed E-state index contributed by atoms with van der Waals surface area (Å²) in [5.41, 5.74) is 8.88. The third-order valence-corrected chi connectivity index (χ3v) is 6.38. The largest absolute Gasteiger partial charge is 0.293 e. The van der Waals surface area contributed by atoms with Crippen molar-refractivity contribution in [1.29, 1.82) is 0 Å². The fraction of sp³-hybridized carbons (Fsp3) is 0.353. The first-order valence-corrected chi connectivity index (χ1v) is 12.8. The molecule has 0 bridgehead atoms. The quantitative estimate of drug-likeness (QED) is 0.325. The van der Waals surface area contributed by atoms with E-state index in [0.29, 0.717) is 0 Å². The second-order valence-electron chi connectivity index (χ2n) is 11.3. The highest BCUT2D eigenvalue weighted by Gasteiger charge is 2.14. The first-order valence-electron chi connectivity index (χ1n) is 12.8. The SMILES string of the molecule is C=Cc1ccc(C(C)=NC)cc1.CC(N=Cc1ccc(C(C)(C)C)cc1)c1ccc(C(C)(C)C)cc1. The predicted octanol–water partition coefficient (Wildman–Crippen LogP) is 9.23. The van der Waals surface area contributed by atoms with E-state index in [-0.39, 0.29) is 16.9 Å². The van der Waals surface area contributed by atoms with Crippen LogP contribution in [0.25, 0.3) is 6.08 Å². The molecule has 1 atom stereocenters. The Kier molecular flexibility index (Phi) is 10.2. The van der Waals surface area contributed by atoms with Gasteiger partial charge in [-0.25, -0.2) is 0 Å². The lowest BCUT2D eigenvalue weighted by atomic mass is 9.86. The van der Waals surface area contributed by atoms with Crippen LogP contribution in [0.2, 0.25) is 0 Å². The average molecular weight is 481 g/mol. The second-order valence-corrected chi connectivity index (χ2v) is 11.3. The van der Waals surface area contributed by atoms with Gasteiger partial charge in [0.2, 0.25) is 0 Å². The molecule has 0 aliphatic heterocycles. The van der Waals surface area contributed by atoms with Crippen molar-refractivity contribution in [3.05, 3.63) is 113 Å². The fourth-order valence-corrected chi connectivity index (χ4v) is 3.60. The summed E-state index contributed by atoms with van der Waals surface area (Å²) in [6.07, 6.45) is 3.82. The molecular formula is C34H44N2. The summed E-state index contributed by atoms with van der Waals surface area (Å²) in [5.74, 6) is 0. The minimum atomic E-state index is 0.168. The summed E-state index contributed by atoms with van der Waals surface area (Å²) in [7, 11) is 1.80. The molecule has 3 aromatic rings. The van der Waals surface area contributed by atoms with Crippen LogP contribution in [0.1, 0.15) is 94.8 Å². The third-order valence-electron chi connectivity index (χ3n) is 6.38. The molecule has 36 heavy (non-hydrogen) atoms. The molecule has 3 aromatic carbocycles. The minimum absolute atomic E-state index is 0.168. The number of nitrogens with zero attached hydrogens (tertiary/aromatic N) is 2. The molecule has 0 spiro atoms. The Labute approximate surface area is 219 Å². The lowest BCUT2D eigenvalue weighted by Gasteiger charge is -2.19. The van der Waals surface area contributed by atoms with Gasteiger partial charge in [0.25, 0.3) is 0 Å². The molecule has 0 amide bonds. The molecule has 0 aliphatic rings. The summed E-state index contributed by atoms with van der Waals surface area (Å²) in [4.78, 5) is 8.83. The van der Waals surface area contributed by atoms with Crippen molar-refractivity contribution < 1.29 is 0 Å². The number of benzene rings is 3. The Morgan fingerprint density at radius 2 is 1.17 bits per heavy atom. The van der Waals surface area contributed by atoms with Gasteiger partial charge in [0.15, 0.2) is 0 Å². The Bertz CT molecular complexity index is 1150. The van der Waals surface area contributed by atoms with Gasteiger partial charge in [-0.1, -0.05) is 127 Å². The summed E-state index contributed by atoms with van der Waals surface area (Å²) in [6.45, 7) is 21.3. The van der Waals surface area contributed by atoms with Crippen LogP contribution in [0.4, 0.5) is 0 Å². The molecule has 0 aliphatic carbocycles. The van der Waals surface area contributed by atoms with Gasteiger partial charge >= 0.3 is 0 Å². The Morgan fingerprint density at radius 3 is 1.58 bits per heavy atom. The molecule has 0 heterocycles. The van der Waals surface area contributed by atoms with Gasteiger partial charge in [-0.15, -0.1) is 0 Å². The van der Waals surface area contributed by atoms with E-state index < -0.39 is 0 Å². The van der Waals surface area contributed by atoms with Gasteiger partial charge in [-0.2, -0.15) is 0 Å². The molecule has 2 nitrogen and oxygen atoms in total. The smallest absolute Gasteiger partial charge is 0.0721 e. The molecule has 0 saturated carbocycles. The predicted molar refractivity (Wildman–Crippen MR) is 161 cm³/mol. The number of hydrogen-bond acceptors (Lipinski definition) is 2. The van der Waals surface area contributed by atoms with Crippen LogP contribution in [0.15, 0.2) is 89.4 Å². The molecule has 0 fully saturated rings. The average Bonchev–Trinajstić information content (AvgIpc) is 2.86. The van der Waals surface area contributed by atoms with E-state index in [1.807, 2.05) is 31.3 Å². The van der Waals surface area contributed by atoms with Crippen LogP contribution < -0.4 is 0 Å². The van der Waals surface area contributed by atoms with Crippen LogP contribution in [0.3, 0.4) is 0 Å². The summed E-state index contributed by atoms with van der Waals surface area (Å²) >= 11 is 0. The Morgan fingerprint density at radius 1 is 0.722 bits per heavy atom. The normalized spacial score (nSPS) is 13.2. The van der Waals surface area contributed by atoms with Crippen molar-refractivity contribution in [2.24, 2.45) is 9.98 Å². The number of aliphatic imine (C=N–C) groups is 2. The Balaban J connectivity index is 0.000000319. The van der Waals surface area contributed by atoms with E-state index in [9.17, 15) is 0 Å². The van der Waals surface area contributed by atoms with Crippen LogP contribution in [-0.4, -0.2) is 19.0 Å². The van der Waals surface area contributed by atoms with Crippen LogP contribution in [0, 0.1) is 0 Å². The molecule has 0 saturated heterocycles. The van der Waals surface area contributed by atoms with Gasteiger partial charge in [0.05, 0.1) is 6.04 Å². The van der Waals surface area contributed by atoms with Gasteiger partial charge in [-0.05, 0) is 58.1 Å². The highest BCUT2D eigenvalue weighted by atomic mass is 14.8. The zero-order chi connectivity index (χ0) is 26.9. The van der Waals surface area contributed by atoms with E-state index in [0.717, 1.165) is 16.8 Å². The lowest BCUT2D eigenvalue weighted by Crippen LogP contribution is -2.10. The van der Waals surface area contributed by atoms with Crippen molar-refractivity contribution in [1.82, 2.24) is 0 Å². The zero-order valence-corrected chi connectivity index (χ0v) is 23.8. The second kappa shape index (κ2) is 12.6. The number of hydrogen-bond donors (Lipinski definition) is 0. The highest BCUT2D eigenvalue weighted by molar-refractivity contribution is 5.98. The van der Waals surface area contributed by atoms with Gasteiger partial charge in [0, 0.05) is 19.0 Å². The van der Waals surface area contributed by atoms with Crippen LogP contribution in [-0.2, 0) is 10.8 Å². The van der Waals surface area contributed by atoms with Crippen molar-refractivity contribution >= 4 is 18.0 Å². The monoisotopic (exact) mass is 480 g/mol. The number of rotatable bonds is 5. The molecule has 1 unspecified atom stereocenters. The van der Waals surface area contributed by atoms with Gasteiger partial charge in [-0.3, -0.25) is 9.98 Å². The maximum absolute atomic E-state index is 4.72. The molecule has 0 radical (unpaired) electrons. The van der Waals surface area contributed by atoms with Crippen LogP contribution >= 0.6 is 0 Å². The first kappa shape index (κ1) is 29.0. The molecule has 0 aromatic heterocycles. The maximum Gasteiger partial charge on any atom is 0.0721 e. The van der Waals surface area contributed by atoms with Crippen molar-refractivity contribution in [3.63, 3.8) is 0 Å². The van der Waals surface area contributed by atoms with Gasteiger partial charge < -0.3 is 0 Å². The van der Waals surface area contributed by atoms with Crippen molar-refractivity contribution in [2.75, 3.05) is 7.05 Å². The third kappa shape index (κ3) is 8.75. The Hall–Kier alpha value is -3.26. The molecule has 2 heteroatoms. The summed E-state index contributed by atoms with van der Waals surface area (Å²) in [6, 6.07) is 25.9. The van der Waals surface area contributed by atoms with E-state index in [4.69, 9.17) is 4.99 Å². The molecule has 0 N–H and O–H groups in total. The maximum atomic E-state index is 4.72. The van der Waals surface area contributed by atoms with Crippen LogP contribution in [0.5, 0.6) is 0 Å². The zero-order valence-electron chi connectivity index (χ0n) is 23.8. The van der Waals surface area contributed by atoms with E-state index in [2.05, 4.69) is 121 Å². The molecule has 3 rings (SSSR count). The van der Waals surface area contributed by atoms with E-state index >= 15 is 0 Å². The summed E-state index contributed by atoms with van der Waals surface area (Å²) in [5, 5.41) is 0. The summed E-state index contributed by atoms with van der Waals surface area (Å²) < 4.78 is 0. The fourth-order valence-electron chi connectivity index (χ4n) is 3.60. The van der Waals surface area contributed by atoms with Crippen molar-refractivity contribution in [3.8, 4) is 0 Å². The molecular weight excluding hydrogens is 436 g/mol.